The molecule has 1 atom stereocenters. The fourth-order valence-corrected chi connectivity index (χ4v) is 0.948. The van der Waals surface area contributed by atoms with Crippen molar-refractivity contribution in [2.75, 3.05) is 7.11 Å². The van der Waals surface area contributed by atoms with Crippen LogP contribution in [-0.4, -0.2) is 37.0 Å². The Bertz CT molecular complexity index is 309. The van der Waals surface area contributed by atoms with Crippen LogP contribution in [0.15, 0.2) is 0 Å². The second-order valence-corrected chi connectivity index (χ2v) is 4.52. The second-order valence-electron chi connectivity index (χ2n) is 4.52. The van der Waals surface area contributed by atoms with Gasteiger partial charge in [-0.25, -0.2) is 4.79 Å². The third-order valence-corrected chi connectivity index (χ3v) is 1.68. The molecule has 0 fully saturated rings. The van der Waals surface area contributed by atoms with Crippen molar-refractivity contribution >= 4 is 12.1 Å². The van der Waals surface area contributed by atoms with E-state index in [1.165, 1.54) is 20.8 Å². The molecule has 0 spiro atoms. The lowest BCUT2D eigenvalue weighted by molar-refractivity contribution is -0.167. The number of rotatable bonds is 3. The van der Waals surface area contributed by atoms with E-state index < -0.39 is 36.3 Å². The van der Waals surface area contributed by atoms with E-state index in [1.807, 2.05) is 0 Å². The molecule has 5 nitrogen and oxygen atoms in total. The van der Waals surface area contributed by atoms with Gasteiger partial charge in [-0.05, 0) is 20.8 Å². The van der Waals surface area contributed by atoms with Gasteiger partial charge in [-0.2, -0.15) is 13.2 Å². The van der Waals surface area contributed by atoms with Crippen LogP contribution < -0.4 is 5.32 Å². The largest absolute Gasteiger partial charge is 0.469 e. The monoisotopic (exact) mass is 271 g/mol. The smallest absolute Gasteiger partial charge is 0.409 e. The van der Waals surface area contributed by atoms with Gasteiger partial charge in [0.15, 0.2) is 0 Å². The van der Waals surface area contributed by atoms with Crippen molar-refractivity contribution in [1.82, 2.24) is 5.32 Å². The number of methoxy groups -OCH3 is 1. The summed E-state index contributed by atoms with van der Waals surface area (Å²) in [7, 11) is 0.962. The number of alkyl halides is 3. The number of ether oxygens (including phenoxy) is 2. The summed E-state index contributed by atoms with van der Waals surface area (Å²) in [6, 6.07) is -2.33. The standard InChI is InChI=1S/C10H16F3NO4/c1-9(2,3)18-8(16)14-6(10(11,12)13)5-7(15)17-4/h6H,5H2,1-4H3,(H,14,16)/t6-/m1/s1. The van der Waals surface area contributed by atoms with Crippen molar-refractivity contribution in [2.45, 2.75) is 45.0 Å². The highest BCUT2D eigenvalue weighted by atomic mass is 19.4. The molecule has 106 valence electrons. The van der Waals surface area contributed by atoms with Crippen molar-refractivity contribution < 1.29 is 32.2 Å². The summed E-state index contributed by atoms with van der Waals surface area (Å²) in [5.74, 6) is -1.08. The van der Waals surface area contributed by atoms with Crippen LogP contribution in [-0.2, 0) is 14.3 Å². The third kappa shape index (κ3) is 6.97. The second kappa shape index (κ2) is 5.92. The van der Waals surface area contributed by atoms with Gasteiger partial charge < -0.3 is 14.8 Å². The number of carbonyl (C=O) groups is 2. The minimum absolute atomic E-state index is 0.925. The maximum absolute atomic E-state index is 12.5. The minimum atomic E-state index is -4.76. The Morgan fingerprint density at radius 2 is 1.72 bits per heavy atom. The molecule has 0 aromatic carbocycles. The highest BCUT2D eigenvalue weighted by Crippen LogP contribution is 2.23. The Labute approximate surface area is 103 Å². The topological polar surface area (TPSA) is 64.6 Å². The first kappa shape index (κ1) is 16.5. The van der Waals surface area contributed by atoms with Gasteiger partial charge in [0.05, 0.1) is 13.5 Å². The van der Waals surface area contributed by atoms with E-state index in [1.54, 1.807) is 5.32 Å². The number of carbonyl (C=O) groups excluding carboxylic acids is 2. The van der Waals surface area contributed by atoms with Gasteiger partial charge in [0.2, 0.25) is 0 Å². The van der Waals surface area contributed by atoms with Crippen LogP contribution in [0.3, 0.4) is 0 Å². The van der Waals surface area contributed by atoms with E-state index in [2.05, 4.69) is 9.47 Å². The molecule has 1 amide bonds. The van der Waals surface area contributed by atoms with E-state index in [0.29, 0.717) is 0 Å². The molecule has 8 heteroatoms. The van der Waals surface area contributed by atoms with Crippen LogP contribution in [0, 0.1) is 0 Å². The molecular weight excluding hydrogens is 255 g/mol. The molecule has 0 saturated heterocycles. The Balaban J connectivity index is 4.61. The molecule has 0 aliphatic carbocycles. The summed E-state index contributed by atoms with van der Waals surface area (Å²) in [6.07, 6.45) is -7.00. The van der Waals surface area contributed by atoms with Gasteiger partial charge in [-0.3, -0.25) is 4.79 Å². The fraction of sp³-hybridized carbons (Fsp3) is 0.800. The minimum Gasteiger partial charge on any atom is -0.469 e. The Morgan fingerprint density at radius 1 is 1.22 bits per heavy atom. The summed E-state index contributed by atoms with van der Waals surface area (Å²) in [5.41, 5.74) is -0.925. The molecule has 0 aromatic rings. The van der Waals surface area contributed by atoms with Crippen LogP contribution >= 0.6 is 0 Å². The lowest BCUT2D eigenvalue weighted by atomic mass is 10.2. The molecule has 0 heterocycles. The van der Waals surface area contributed by atoms with Gasteiger partial charge in [-0.1, -0.05) is 0 Å². The molecule has 1 N–H and O–H groups in total. The number of halogens is 3. The van der Waals surface area contributed by atoms with Gasteiger partial charge in [0.25, 0.3) is 0 Å². The lowest BCUT2D eigenvalue weighted by Crippen LogP contribution is -2.48. The summed E-state index contributed by atoms with van der Waals surface area (Å²) in [5, 5.41) is 1.59. The van der Waals surface area contributed by atoms with E-state index in [0.717, 1.165) is 7.11 Å². The normalized spacial score (nSPS) is 13.7. The van der Waals surface area contributed by atoms with Gasteiger partial charge in [0, 0.05) is 0 Å². The number of hydrogen-bond donors (Lipinski definition) is 1. The highest BCUT2D eigenvalue weighted by molar-refractivity contribution is 5.73. The summed E-state index contributed by atoms with van der Waals surface area (Å²) in [4.78, 5) is 22.0. The zero-order chi connectivity index (χ0) is 14.6. The average molecular weight is 271 g/mol. The average Bonchev–Trinajstić information content (AvgIpc) is 2.11. The molecule has 0 bridgehead atoms. The maximum Gasteiger partial charge on any atom is 0.409 e. The van der Waals surface area contributed by atoms with Crippen molar-refractivity contribution in [1.29, 1.82) is 0 Å². The van der Waals surface area contributed by atoms with Crippen molar-refractivity contribution in [2.24, 2.45) is 0 Å². The van der Waals surface area contributed by atoms with E-state index >= 15 is 0 Å². The van der Waals surface area contributed by atoms with Crippen LogP contribution in [0.25, 0.3) is 0 Å². The number of esters is 1. The lowest BCUT2D eigenvalue weighted by Gasteiger charge is -2.24. The van der Waals surface area contributed by atoms with Crippen LogP contribution in [0.1, 0.15) is 27.2 Å². The third-order valence-electron chi connectivity index (χ3n) is 1.68. The highest BCUT2D eigenvalue weighted by Gasteiger charge is 2.43. The van der Waals surface area contributed by atoms with Gasteiger partial charge in [-0.15, -0.1) is 0 Å². The Hall–Kier alpha value is -1.47. The summed E-state index contributed by atoms with van der Waals surface area (Å²) >= 11 is 0. The number of alkyl carbamates (subject to hydrolysis) is 1. The van der Waals surface area contributed by atoms with Crippen molar-refractivity contribution in [3.8, 4) is 0 Å². The maximum atomic E-state index is 12.5. The molecule has 0 rings (SSSR count). The van der Waals surface area contributed by atoms with E-state index in [9.17, 15) is 22.8 Å². The zero-order valence-corrected chi connectivity index (χ0v) is 10.6. The summed E-state index contributed by atoms with van der Waals surface area (Å²) < 4.78 is 46.4. The van der Waals surface area contributed by atoms with Gasteiger partial charge in [0.1, 0.15) is 11.6 Å². The van der Waals surface area contributed by atoms with Crippen molar-refractivity contribution in [3.05, 3.63) is 0 Å². The number of nitrogens with one attached hydrogen (secondary N) is 1. The summed E-state index contributed by atoms with van der Waals surface area (Å²) in [6.45, 7) is 4.53. The number of amides is 1. The molecule has 18 heavy (non-hydrogen) atoms. The predicted molar refractivity (Wildman–Crippen MR) is 55.8 cm³/mol. The molecule has 0 unspecified atom stereocenters. The van der Waals surface area contributed by atoms with Crippen LogP contribution in [0.2, 0.25) is 0 Å². The molecule has 0 saturated carbocycles. The predicted octanol–water partition coefficient (Wildman–Crippen LogP) is 2.01. The van der Waals surface area contributed by atoms with E-state index in [-0.39, 0.29) is 0 Å². The first-order valence-electron chi connectivity index (χ1n) is 5.08. The number of hydrogen-bond acceptors (Lipinski definition) is 4. The van der Waals surface area contributed by atoms with Crippen molar-refractivity contribution in [3.63, 3.8) is 0 Å². The van der Waals surface area contributed by atoms with Gasteiger partial charge >= 0.3 is 18.2 Å². The SMILES string of the molecule is COC(=O)C[C@@H](NC(=O)OC(C)(C)C)C(F)(F)F. The Kier molecular flexibility index (Phi) is 5.44. The molecular formula is C10H16F3NO4. The van der Waals surface area contributed by atoms with Crippen LogP contribution in [0.4, 0.5) is 18.0 Å². The fourth-order valence-electron chi connectivity index (χ4n) is 0.948. The first-order valence-corrected chi connectivity index (χ1v) is 5.08. The zero-order valence-electron chi connectivity index (χ0n) is 10.6. The molecule has 0 aromatic heterocycles. The molecule has 0 radical (unpaired) electrons. The van der Waals surface area contributed by atoms with E-state index in [4.69, 9.17) is 0 Å². The quantitative estimate of drug-likeness (QED) is 0.797. The molecule has 0 aliphatic rings. The Morgan fingerprint density at radius 3 is 2.06 bits per heavy atom. The molecule has 0 aliphatic heterocycles. The first-order chi connectivity index (χ1) is 7.95. The van der Waals surface area contributed by atoms with Crippen LogP contribution in [0.5, 0.6) is 0 Å².